The third-order valence-corrected chi connectivity index (χ3v) is 2.58. The van der Waals surface area contributed by atoms with Crippen LogP contribution in [0.3, 0.4) is 0 Å². The van der Waals surface area contributed by atoms with Crippen molar-refractivity contribution in [2.24, 2.45) is 0 Å². The first kappa shape index (κ1) is 8.85. The Morgan fingerprint density at radius 2 is 2.29 bits per heavy atom. The van der Waals surface area contributed by atoms with Crippen LogP contribution in [0.4, 0.5) is 0 Å². The van der Waals surface area contributed by atoms with Gasteiger partial charge in [-0.15, -0.1) is 11.3 Å². The molecule has 0 saturated heterocycles. The molecule has 0 amide bonds. The van der Waals surface area contributed by atoms with E-state index in [4.69, 9.17) is 5.26 Å². The van der Waals surface area contributed by atoms with Crippen molar-refractivity contribution in [1.82, 2.24) is 9.97 Å². The first-order chi connectivity index (χ1) is 6.79. The molecule has 0 spiro atoms. The average Bonchev–Trinajstić information content (AvgIpc) is 2.69. The highest BCUT2D eigenvalue weighted by molar-refractivity contribution is 7.13. The van der Waals surface area contributed by atoms with E-state index in [1.54, 1.807) is 17.4 Å². The minimum atomic E-state index is 0.418. The lowest BCUT2D eigenvalue weighted by atomic mass is 10.3. The van der Waals surface area contributed by atoms with E-state index in [1.807, 2.05) is 30.5 Å². The third kappa shape index (κ3) is 1.63. The number of hydrogen-bond acceptors (Lipinski definition) is 4. The molecule has 2 aromatic rings. The second-order valence-corrected chi connectivity index (χ2v) is 3.75. The van der Waals surface area contributed by atoms with Crippen LogP contribution in [0.2, 0.25) is 0 Å². The molecule has 0 aliphatic rings. The van der Waals surface area contributed by atoms with Gasteiger partial charge < -0.3 is 0 Å². The SMILES string of the molecule is Cc1cc(C#N)nc(-c2cccs2)n1. The van der Waals surface area contributed by atoms with Crippen molar-refractivity contribution in [1.29, 1.82) is 5.26 Å². The van der Waals surface area contributed by atoms with Crippen LogP contribution in [0.5, 0.6) is 0 Å². The summed E-state index contributed by atoms with van der Waals surface area (Å²) in [7, 11) is 0. The maximum absolute atomic E-state index is 8.75. The van der Waals surface area contributed by atoms with E-state index in [-0.39, 0.29) is 0 Å². The van der Waals surface area contributed by atoms with Crippen LogP contribution in [0.1, 0.15) is 11.4 Å². The fourth-order valence-electron chi connectivity index (χ4n) is 1.14. The van der Waals surface area contributed by atoms with Crippen LogP contribution in [-0.2, 0) is 0 Å². The average molecular weight is 201 g/mol. The van der Waals surface area contributed by atoms with Crippen molar-refractivity contribution >= 4 is 11.3 Å². The van der Waals surface area contributed by atoms with Crippen molar-refractivity contribution in [3.05, 3.63) is 35.0 Å². The molecule has 4 heteroatoms. The van der Waals surface area contributed by atoms with Gasteiger partial charge in [-0.25, -0.2) is 9.97 Å². The fourth-order valence-corrected chi connectivity index (χ4v) is 1.80. The number of nitrogens with zero attached hydrogens (tertiary/aromatic N) is 3. The zero-order chi connectivity index (χ0) is 9.97. The Morgan fingerprint density at radius 3 is 2.93 bits per heavy atom. The molecule has 0 bridgehead atoms. The highest BCUT2D eigenvalue weighted by Crippen LogP contribution is 2.21. The predicted octanol–water partition coefficient (Wildman–Crippen LogP) is 2.39. The molecule has 2 aromatic heterocycles. The van der Waals surface area contributed by atoms with Gasteiger partial charge in [-0.3, -0.25) is 0 Å². The van der Waals surface area contributed by atoms with Gasteiger partial charge in [0.1, 0.15) is 11.8 Å². The lowest BCUT2D eigenvalue weighted by Gasteiger charge is -1.98. The summed E-state index contributed by atoms with van der Waals surface area (Å²) >= 11 is 1.57. The van der Waals surface area contributed by atoms with Gasteiger partial charge >= 0.3 is 0 Å². The molecule has 2 heterocycles. The second-order valence-electron chi connectivity index (χ2n) is 2.81. The molecule has 0 unspecified atom stereocenters. The number of hydrogen-bond donors (Lipinski definition) is 0. The van der Waals surface area contributed by atoms with Crippen molar-refractivity contribution in [2.75, 3.05) is 0 Å². The lowest BCUT2D eigenvalue weighted by Crippen LogP contribution is -1.93. The minimum absolute atomic E-state index is 0.418. The molecule has 2 rings (SSSR count). The Bertz CT molecular complexity index is 483. The molecule has 0 radical (unpaired) electrons. The predicted molar refractivity (Wildman–Crippen MR) is 54.8 cm³/mol. The summed E-state index contributed by atoms with van der Waals surface area (Å²) < 4.78 is 0. The molecule has 0 fully saturated rings. The Hall–Kier alpha value is -1.73. The largest absolute Gasteiger partial charge is 0.233 e. The number of thiophene rings is 1. The number of aromatic nitrogens is 2. The highest BCUT2D eigenvalue weighted by atomic mass is 32.1. The van der Waals surface area contributed by atoms with Crippen LogP contribution >= 0.6 is 11.3 Å². The Labute approximate surface area is 85.7 Å². The molecule has 0 saturated carbocycles. The van der Waals surface area contributed by atoms with Crippen LogP contribution < -0.4 is 0 Å². The van der Waals surface area contributed by atoms with Gasteiger partial charge in [0.2, 0.25) is 0 Å². The monoisotopic (exact) mass is 201 g/mol. The zero-order valence-electron chi connectivity index (χ0n) is 7.56. The molecular formula is C10H7N3S. The van der Waals surface area contributed by atoms with Crippen molar-refractivity contribution in [2.45, 2.75) is 6.92 Å². The Morgan fingerprint density at radius 1 is 1.43 bits per heavy atom. The van der Waals surface area contributed by atoms with E-state index in [0.717, 1.165) is 10.6 Å². The van der Waals surface area contributed by atoms with Crippen LogP contribution in [0.25, 0.3) is 10.7 Å². The quantitative estimate of drug-likeness (QED) is 0.711. The lowest BCUT2D eigenvalue weighted by molar-refractivity contribution is 1.10. The number of aryl methyl sites for hydroxylation is 1. The Balaban J connectivity index is 2.55. The standard InChI is InChI=1S/C10H7N3S/c1-7-5-8(6-11)13-10(12-7)9-3-2-4-14-9/h2-5H,1H3. The number of rotatable bonds is 1. The van der Waals surface area contributed by atoms with E-state index >= 15 is 0 Å². The maximum atomic E-state index is 8.75. The molecule has 0 aliphatic carbocycles. The minimum Gasteiger partial charge on any atom is -0.233 e. The van der Waals surface area contributed by atoms with Gasteiger partial charge in [0.25, 0.3) is 0 Å². The summed E-state index contributed by atoms with van der Waals surface area (Å²) in [6, 6.07) is 7.59. The van der Waals surface area contributed by atoms with Gasteiger partial charge in [0, 0.05) is 5.69 Å². The Kier molecular flexibility index (Phi) is 2.25. The number of nitriles is 1. The first-order valence-corrected chi connectivity index (χ1v) is 4.97. The maximum Gasteiger partial charge on any atom is 0.170 e. The molecule has 3 nitrogen and oxygen atoms in total. The molecule has 68 valence electrons. The summed E-state index contributed by atoms with van der Waals surface area (Å²) in [6.07, 6.45) is 0. The molecule has 14 heavy (non-hydrogen) atoms. The van der Waals surface area contributed by atoms with E-state index in [0.29, 0.717) is 11.5 Å². The summed E-state index contributed by atoms with van der Waals surface area (Å²) in [5.41, 5.74) is 1.24. The summed E-state index contributed by atoms with van der Waals surface area (Å²) in [5.74, 6) is 0.636. The van der Waals surface area contributed by atoms with Crippen LogP contribution in [0, 0.1) is 18.3 Å². The molecule has 0 atom stereocenters. The van der Waals surface area contributed by atoms with Crippen LogP contribution in [-0.4, -0.2) is 9.97 Å². The molecule has 0 aromatic carbocycles. The molecule has 0 aliphatic heterocycles. The van der Waals surface area contributed by atoms with Gasteiger partial charge in [0.05, 0.1) is 4.88 Å². The van der Waals surface area contributed by atoms with Gasteiger partial charge in [-0.05, 0) is 24.4 Å². The fraction of sp³-hybridized carbons (Fsp3) is 0.100. The first-order valence-electron chi connectivity index (χ1n) is 4.09. The molecule has 0 N–H and O–H groups in total. The highest BCUT2D eigenvalue weighted by Gasteiger charge is 2.04. The van der Waals surface area contributed by atoms with E-state index in [1.165, 1.54) is 0 Å². The van der Waals surface area contributed by atoms with Gasteiger partial charge in [-0.2, -0.15) is 5.26 Å². The normalized spacial score (nSPS) is 9.71. The van der Waals surface area contributed by atoms with E-state index in [2.05, 4.69) is 9.97 Å². The second kappa shape index (κ2) is 3.56. The van der Waals surface area contributed by atoms with Gasteiger partial charge in [-0.1, -0.05) is 6.07 Å². The van der Waals surface area contributed by atoms with Crippen LogP contribution in [0.15, 0.2) is 23.6 Å². The summed E-state index contributed by atoms with van der Waals surface area (Å²) in [4.78, 5) is 9.40. The van der Waals surface area contributed by atoms with Crippen molar-refractivity contribution in [3.63, 3.8) is 0 Å². The summed E-state index contributed by atoms with van der Waals surface area (Å²) in [6.45, 7) is 1.86. The molecular weight excluding hydrogens is 194 g/mol. The van der Waals surface area contributed by atoms with E-state index in [9.17, 15) is 0 Å². The van der Waals surface area contributed by atoms with E-state index < -0.39 is 0 Å². The van der Waals surface area contributed by atoms with Crippen molar-refractivity contribution in [3.8, 4) is 16.8 Å². The zero-order valence-corrected chi connectivity index (χ0v) is 8.38. The third-order valence-electron chi connectivity index (χ3n) is 1.71. The smallest absolute Gasteiger partial charge is 0.170 e. The van der Waals surface area contributed by atoms with Gasteiger partial charge in [0.15, 0.2) is 5.82 Å². The van der Waals surface area contributed by atoms with Crippen molar-refractivity contribution < 1.29 is 0 Å². The topological polar surface area (TPSA) is 49.6 Å². The summed E-state index contributed by atoms with van der Waals surface area (Å²) in [5, 5.41) is 10.7.